The topological polar surface area (TPSA) is 44.1 Å². The van der Waals surface area contributed by atoms with Crippen molar-refractivity contribution in [1.29, 1.82) is 0 Å². The fourth-order valence-corrected chi connectivity index (χ4v) is 3.80. The van der Waals surface area contributed by atoms with Gasteiger partial charge in [0.05, 0.1) is 17.7 Å². The van der Waals surface area contributed by atoms with Crippen LogP contribution in [0.1, 0.15) is 29.5 Å². The molecule has 1 aliphatic heterocycles. The molecule has 0 radical (unpaired) electrons. The first-order valence-electron chi connectivity index (χ1n) is 6.53. The number of nitrogens with zero attached hydrogens (tertiary/aromatic N) is 2. The fraction of sp³-hybridized carbons (Fsp3) is 0.429. The summed E-state index contributed by atoms with van der Waals surface area (Å²) in [4.78, 5) is 18.7. The number of carbonyl (C=O) groups is 1. The fourth-order valence-electron chi connectivity index (χ4n) is 2.68. The van der Waals surface area contributed by atoms with E-state index in [4.69, 9.17) is 16.3 Å². The van der Waals surface area contributed by atoms with Gasteiger partial charge in [-0.1, -0.05) is 11.6 Å². The standard InChI is InChI=1S/C14H15ClN2O2S/c1-8-6-7-11(20-8)13-16-12(15)9-4-3-5-10(17(9)13)14(18)19-2/h6-7,10H,3-5H2,1-2H3. The molecular weight excluding hydrogens is 296 g/mol. The van der Waals surface area contributed by atoms with Crippen LogP contribution in [0.4, 0.5) is 0 Å². The third-order valence-electron chi connectivity index (χ3n) is 3.60. The molecule has 0 bridgehead atoms. The molecule has 0 aliphatic carbocycles. The monoisotopic (exact) mass is 310 g/mol. The van der Waals surface area contributed by atoms with Crippen molar-refractivity contribution < 1.29 is 9.53 Å². The Kier molecular flexibility index (Phi) is 3.56. The van der Waals surface area contributed by atoms with Gasteiger partial charge in [-0.3, -0.25) is 0 Å². The Bertz CT molecular complexity index is 662. The van der Waals surface area contributed by atoms with Gasteiger partial charge >= 0.3 is 5.97 Å². The van der Waals surface area contributed by atoms with Crippen molar-refractivity contribution in [1.82, 2.24) is 9.55 Å². The number of carbonyl (C=O) groups excluding carboxylic acids is 1. The van der Waals surface area contributed by atoms with Crippen LogP contribution in [0.15, 0.2) is 12.1 Å². The molecule has 1 aliphatic rings. The second kappa shape index (κ2) is 5.22. The Morgan fingerprint density at radius 2 is 2.35 bits per heavy atom. The van der Waals surface area contributed by atoms with Crippen LogP contribution in [-0.2, 0) is 16.0 Å². The number of aromatic nitrogens is 2. The van der Waals surface area contributed by atoms with Crippen molar-refractivity contribution in [2.24, 2.45) is 0 Å². The van der Waals surface area contributed by atoms with E-state index in [9.17, 15) is 4.79 Å². The van der Waals surface area contributed by atoms with Crippen LogP contribution >= 0.6 is 22.9 Å². The van der Waals surface area contributed by atoms with Crippen LogP contribution in [0.5, 0.6) is 0 Å². The number of methoxy groups -OCH3 is 1. The van der Waals surface area contributed by atoms with E-state index in [1.165, 1.54) is 12.0 Å². The number of aryl methyl sites for hydroxylation is 1. The van der Waals surface area contributed by atoms with Crippen LogP contribution in [0.2, 0.25) is 5.15 Å². The van der Waals surface area contributed by atoms with E-state index in [0.717, 1.165) is 35.7 Å². The van der Waals surface area contributed by atoms with Gasteiger partial charge in [0.1, 0.15) is 6.04 Å². The highest BCUT2D eigenvalue weighted by Crippen LogP contribution is 2.38. The van der Waals surface area contributed by atoms with Crippen LogP contribution in [-0.4, -0.2) is 22.6 Å². The summed E-state index contributed by atoms with van der Waals surface area (Å²) in [7, 11) is 1.42. The van der Waals surface area contributed by atoms with Gasteiger partial charge in [0.2, 0.25) is 0 Å². The highest BCUT2D eigenvalue weighted by molar-refractivity contribution is 7.15. The molecule has 0 saturated carbocycles. The molecule has 6 heteroatoms. The molecule has 2 aromatic heterocycles. The Morgan fingerprint density at radius 1 is 1.55 bits per heavy atom. The normalized spacial score (nSPS) is 17.9. The predicted octanol–water partition coefficient (Wildman–Crippen LogP) is 3.62. The molecule has 3 heterocycles. The van der Waals surface area contributed by atoms with Gasteiger partial charge in [-0.15, -0.1) is 11.3 Å². The third-order valence-corrected chi connectivity index (χ3v) is 4.90. The van der Waals surface area contributed by atoms with Crippen molar-refractivity contribution in [3.05, 3.63) is 27.9 Å². The first kappa shape index (κ1) is 13.6. The number of hydrogen-bond acceptors (Lipinski definition) is 4. The molecule has 0 fully saturated rings. The Labute approximate surface area is 126 Å². The van der Waals surface area contributed by atoms with Crippen LogP contribution < -0.4 is 0 Å². The smallest absolute Gasteiger partial charge is 0.328 e. The van der Waals surface area contributed by atoms with E-state index in [2.05, 4.69) is 4.98 Å². The van der Waals surface area contributed by atoms with E-state index in [1.54, 1.807) is 11.3 Å². The largest absolute Gasteiger partial charge is 0.467 e. The second-order valence-electron chi connectivity index (χ2n) is 4.88. The van der Waals surface area contributed by atoms with Gasteiger partial charge in [0, 0.05) is 4.88 Å². The lowest BCUT2D eigenvalue weighted by Gasteiger charge is -2.25. The number of hydrogen-bond donors (Lipinski definition) is 0. The number of thiophene rings is 1. The molecule has 2 aromatic rings. The summed E-state index contributed by atoms with van der Waals surface area (Å²) in [5.41, 5.74) is 0.939. The van der Waals surface area contributed by atoms with Crippen molar-refractivity contribution in [3.8, 4) is 10.7 Å². The zero-order chi connectivity index (χ0) is 14.3. The summed E-state index contributed by atoms with van der Waals surface area (Å²) >= 11 is 7.91. The van der Waals surface area contributed by atoms with Crippen molar-refractivity contribution >= 4 is 28.9 Å². The molecule has 106 valence electrons. The maximum absolute atomic E-state index is 12.0. The van der Waals surface area contributed by atoms with Crippen molar-refractivity contribution in [3.63, 3.8) is 0 Å². The summed E-state index contributed by atoms with van der Waals surface area (Å²) < 4.78 is 6.89. The zero-order valence-electron chi connectivity index (χ0n) is 11.4. The first-order chi connectivity index (χ1) is 9.61. The summed E-state index contributed by atoms with van der Waals surface area (Å²) in [6, 6.07) is 3.75. The quantitative estimate of drug-likeness (QED) is 0.796. The molecule has 1 atom stereocenters. The van der Waals surface area contributed by atoms with Gasteiger partial charge in [0.25, 0.3) is 0 Å². The molecule has 0 aromatic carbocycles. The maximum Gasteiger partial charge on any atom is 0.328 e. The Balaban J connectivity index is 2.15. The van der Waals surface area contributed by atoms with E-state index >= 15 is 0 Å². The number of halogens is 1. The van der Waals surface area contributed by atoms with Crippen LogP contribution in [0.25, 0.3) is 10.7 Å². The predicted molar refractivity (Wildman–Crippen MR) is 79.3 cm³/mol. The van der Waals surface area contributed by atoms with E-state index < -0.39 is 0 Å². The molecule has 0 saturated heterocycles. The summed E-state index contributed by atoms with van der Waals surface area (Å²) in [6.07, 6.45) is 2.54. The average molecular weight is 311 g/mol. The third kappa shape index (κ3) is 2.15. The Hall–Kier alpha value is -1.33. The van der Waals surface area contributed by atoms with Gasteiger partial charge in [-0.2, -0.15) is 0 Å². The van der Waals surface area contributed by atoms with Crippen molar-refractivity contribution in [2.45, 2.75) is 32.2 Å². The highest BCUT2D eigenvalue weighted by atomic mass is 35.5. The lowest BCUT2D eigenvalue weighted by atomic mass is 10.0. The number of rotatable bonds is 2. The van der Waals surface area contributed by atoms with E-state index in [-0.39, 0.29) is 12.0 Å². The molecule has 0 N–H and O–H groups in total. The highest BCUT2D eigenvalue weighted by Gasteiger charge is 2.32. The number of fused-ring (bicyclic) bond motifs is 1. The zero-order valence-corrected chi connectivity index (χ0v) is 12.9. The summed E-state index contributed by atoms with van der Waals surface area (Å²) in [5.74, 6) is 0.549. The average Bonchev–Trinajstić information content (AvgIpc) is 3.02. The van der Waals surface area contributed by atoms with E-state index in [0.29, 0.717) is 5.15 Å². The first-order valence-corrected chi connectivity index (χ1v) is 7.72. The van der Waals surface area contributed by atoms with Gasteiger partial charge in [-0.05, 0) is 38.3 Å². The number of imidazole rings is 1. The molecular formula is C14H15ClN2O2S. The number of esters is 1. The summed E-state index contributed by atoms with van der Waals surface area (Å²) in [6.45, 7) is 2.05. The number of ether oxygens (including phenoxy) is 1. The minimum atomic E-state index is -0.318. The van der Waals surface area contributed by atoms with Gasteiger partial charge < -0.3 is 9.30 Å². The lowest BCUT2D eigenvalue weighted by molar-refractivity contribution is -0.145. The van der Waals surface area contributed by atoms with Crippen LogP contribution in [0.3, 0.4) is 0 Å². The molecule has 3 rings (SSSR count). The molecule has 1 unspecified atom stereocenters. The second-order valence-corrected chi connectivity index (χ2v) is 6.53. The SMILES string of the molecule is COC(=O)C1CCCc2c(Cl)nc(-c3ccc(C)s3)n21. The molecule has 0 amide bonds. The van der Waals surface area contributed by atoms with Crippen LogP contribution in [0, 0.1) is 6.92 Å². The maximum atomic E-state index is 12.0. The Morgan fingerprint density at radius 3 is 3.00 bits per heavy atom. The molecule has 0 spiro atoms. The molecule has 4 nitrogen and oxygen atoms in total. The van der Waals surface area contributed by atoms with Gasteiger partial charge in [0.15, 0.2) is 11.0 Å². The van der Waals surface area contributed by atoms with Crippen molar-refractivity contribution in [2.75, 3.05) is 7.11 Å². The van der Waals surface area contributed by atoms with E-state index in [1.807, 2.05) is 23.6 Å². The van der Waals surface area contributed by atoms with Gasteiger partial charge in [-0.25, -0.2) is 9.78 Å². The minimum Gasteiger partial charge on any atom is -0.467 e. The minimum absolute atomic E-state index is 0.227. The lowest BCUT2D eigenvalue weighted by Crippen LogP contribution is -2.26. The molecule has 20 heavy (non-hydrogen) atoms. The summed E-state index contributed by atoms with van der Waals surface area (Å²) in [5, 5.41) is 0.500.